The van der Waals surface area contributed by atoms with Crippen molar-refractivity contribution in [3.05, 3.63) is 77.5 Å². The SMILES string of the molecule is Cc1ccc(NC(=O)c2cccc(C(F)(F)F)c2)cc1-c1nc(N2CCOCC2)c2cccnc2n1. The maximum absolute atomic E-state index is 13.1. The highest BCUT2D eigenvalue weighted by atomic mass is 19.4. The van der Waals surface area contributed by atoms with Gasteiger partial charge < -0.3 is 15.0 Å². The number of hydrogen-bond acceptors (Lipinski definition) is 6. The summed E-state index contributed by atoms with van der Waals surface area (Å²) in [6.07, 6.45) is -2.87. The van der Waals surface area contributed by atoms with Gasteiger partial charge in [0.05, 0.1) is 24.2 Å². The van der Waals surface area contributed by atoms with E-state index in [1.54, 1.807) is 24.4 Å². The van der Waals surface area contributed by atoms with E-state index in [2.05, 4.69) is 20.2 Å². The van der Waals surface area contributed by atoms with Gasteiger partial charge in [0, 0.05) is 36.1 Å². The molecule has 1 fully saturated rings. The van der Waals surface area contributed by atoms with Crippen molar-refractivity contribution in [2.24, 2.45) is 0 Å². The minimum atomic E-state index is -4.53. The highest BCUT2D eigenvalue weighted by molar-refractivity contribution is 6.04. The van der Waals surface area contributed by atoms with E-state index in [0.717, 1.165) is 28.9 Å². The van der Waals surface area contributed by atoms with Gasteiger partial charge in [-0.2, -0.15) is 13.2 Å². The van der Waals surface area contributed by atoms with Crippen molar-refractivity contribution in [2.45, 2.75) is 13.1 Å². The number of halogens is 3. The fourth-order valence-electron chi connectivity index (χ4n) is 4.06. The maximum atomic E-state index is 13.1. The third-order valence-corrected chi connectivity index (χ3v) is 5.95. The summed E-state index contributed by atoms with van der Waals surface area (Å²) in [4.78, 5) is 28.8. The average Bonchev–Trinajstić information content (AvgIpc) is 2.89. The topological polar surface area (TPSA) is 80.2 Å². The molecule has 10 heteroatoms. The fraction of sp³-hybridized carbons (Fsp3) is 0.231. The molecule has 2 aromatic heterocycles. The van der Waals surface area contributed by atoms with Crippen LogP contribution in [0, 0.1) is 6.92 Å². The second-order valence-corrected chi connectivity index (χ2v) is 8.41. The van der Waals surface area contributed by atoms with E-state index in [0.29, 0.717) is 49.0 Å². The Kier molecular flexibility index (Phi) is 6.27. The Labute approximate surface area is 205 Å². The number of rotatable bonds is 4. The Morgan fingerprint density at radius 1 is 1.03 bits per heavy atom. The third-order valence-electron chi connectivity index (χ3n) is 5.95. The van der Waals surface area contributed by atoms with Crippen LogP contribution >= 0.6 is 0 Å². The van der Waals surface area contributed by atoms with Gasteiger partial charge in [0.2, 0.25) is 0 Å². The molecule has 2 aromatic carbocycles. The molecule has 0 spiro atoms. The lowest BCUT2D eigenvalue weighted by Crippen LogP contribution is -2.37. The number of nitrogens with one attached hydrogen (secondary N) is 1. The molecule has 0 saturated carbocycles. The normalized spacial score (nSPS) is 14.2. The molecule has 0 radical (unpaired) electrons. The summed E-state index contributed by atoms with van der Waals surface area (Å²) in [5.74, 6) is 0.547. The summed E-state index contributed by atoms with van der Waals surface area (Å²) in [5.41, 5.74) is 1.53. The molecule has 0 bridgehead atoms. The second-order valence-electron chi connectivity index (χ2n) is 8.41. The minimum Gasteiger partial charge on any atom is -0.378 e. The number of hydrogen-bond donors (Lipinski definition) is 1. The number of pyridine rings is 1. The first kappa shape index (κ1) is 23.7. The van der Waals surface area contributed by atoms with Gasteiger partial charge in [0.1, 0.15) is 5.82 Å². The Hall–Kier alpha value is -4.05. The van der Waals surface area contributed by atoms with Crippen LogP contribution in [0.25, 0.3) is 22.4 Å². The zero-order valence-corrected chi connectivity index (χ0v) is 19.3. The van der Waals surface area contributed by atoms with Crippen LogP contribution in [0.2, 0.25) is 0 Å². The highest BCUT2D eigenvalue weighted by Crippen LogP contribution is 2.31. The molecule has 1 amide bonds. The highest BCUT2D eigenvalue weighted by Gasteiger charge is 2.31. The predicted molar refractivity (Wildman–Crippen MR) is 130 cm³/mol. The molecule has 1 N–H and O–H groups in total. The molecule has 0 atom stereocenters. The van der Waals surface area contributed by atoms with E-state index in [-0.39, 0.29) is 5.56 Å². The van der Waals surface area contributed by atoms with E-state index in [4.69, 9.17) is 9.72 Å². The van der Waals surface area contributed by atoms with Gasteiger partial charge in [0.15, 0.2) is 11.5 Å². The number of ether oxygens (including phenoxy) is 1. The minimum absolute atomic E-state index is 0.0901. The summed E-state index contributed by atoms with van der Waals surface area (Å²) < 4.78 is 44.7. The Morgan fingerprint density at radius 2 is 1.83 bits per heavy atom. The number of fused-ring (bicyclic) bond motifs is 1. The number of carbonyl (C=O) groups excluding carboxylic acids is 1. The Bertz CT molecular complexity index is 1440. The van der Waals surface area contributed by atoms with Crippen LogP contribution in [-0.4, -0.2) is 47.2 Å². The molecule has 1 aliphatic rings. The van der Waals surface area contributed by atoms with Crippen LogP contribution in [0.15, 0.2) is 60.8 Å². The van der Waals surface area contributed by atoms with Crippen molar-refractivity contribution in [1.29, 1.82) is 0 Å². The van der Waals surface area contributed by atoms with Crippen LogP contribution < -0.4 is 10.2 Å². The van der Waals surface area contributed by atoms with Crippen molar-refractivity contribution in [2.75, 3.05) is 36.5 Å². The van der Waals surface area contributed by atoms with Gasteiger partial charge in [-0.1, -0.05) is 12.1 Å². The Morgan fingerprint density at radius 3 is 2.61 bits per heavy atom. The fourth-order valence-corrected chi connectivity index (χ4v) is 4.06. The van der Waals surface area contributed by atoms with E-state index in [1.807, 2.05) is 19.1 Å². The number of alkyl halides is 3. The monoisotopic (exact) mass is 493 g/mol. The van der Waals surface area contributed by atoms with Gasteiger partial charge in [-0.3, -0.25) is 4.79 Å². The molecule has 1 aliphatic heterocycles. The molecule has 0 unspecified atom stereocenters. The molecular weight excluding hydrogens is 471 g/mol. The molecule has 7 nitrogen and oxygen atoms in total. The molecule has 36 heavy (non-hydrogen) atoms. The van der Waals surface area contributed by atoms with Crippen molar-refractivity contribution < 1.29 is 22.7 Å². The summed E-state index contributed by atoms with van der Waals surface area (Å²) in [6, 6.07) is 13.3. The second kappa shape index (κ2) is 9.54. The number of aryl methyl sites for hydroxylation is 1. The van der Waals surface area contributed by atoms with Crippen LogP contribution in [0.1, 0.15) is 21.5 Å². The maximum Gasteiger partial charge on any atom is 0.416 e. The molecule has 3 heterocycles. The zero-order valence-electron chi connectivity index (χ0n) is 19.3. The van der Waals surface area contributed by atoms with Crippen LogP contribution in [0.4, 0.5) is 24.7 Å². The standard InChI is InChI=1S/C26H22F3N5O2/c1-16-7-8-19(31-25(35)17-4-2-5-18(14-17)26(27,28)29)15-21(16)23-32-22-20(6-3-9-30-22)24(33-23)34-10-12-36-13-11-34/h2-9,14-15H,10-13H2,1H3,(H,31,35). The number of anilines is 2. The van der Waals surface area contributed by atoms with E-state index < -0.39 is 17.6 Å². The number of benzene rings is 2. The molecule has 0 aliphatic carbocycles. The van der Waals surface area contributed by atoms with Gasteiger partial charge in [0.25, 0.3) is 5.91 Å². The largest absolute Gasteiger partial charge is 0.416 e. The van der Waals surface area contributed by atoms with Gasteiger partial charge in [-0.25, -0.2) is 15.0 Å². The van der Waals surface area contributed by atoms with Crippen LogP contribution in [-0.2, 0) is 10.9 Å². The Balaban J connectivity index is 1.50. The van der Waals surface area contributed by atoms with E-state index in [1.165, 1.54) is 12.1 Å². The van der Waals surface area contributed by atoms with Crippen molar-refractivity contribution >= 4 is 28.4 Å². The number of nitrogens with zero attached hydrogens (tertiary/aromatic N) is 4. The number of amides is 1. The van der Waals surface area contributed by atoms with Gasteiger partial charge >= 0.3 is 6.18 Å². The summed E-state index contributed by atoms with van der Waals surface area (Å²) in [7, 11) is 0. The van der Waals surface area contributed by atoms with Crippen LogP contribution in [0.3, 0.4) is 0 Å². The average molecular weight is 493 g/mol. The summed E-state index contributed by atoms with van der Waals surface area (Å²) in [5, 5.41) is 3.51. The summed E-state index contributed by atoms with van der Waals surface area (Å²) in [6.45, 7) is 4.46. The number of carbonyl (C=O) groups is 1. The first-order chi connectivity index (χ1) is 17.3. The molecular formula is C26H22F3N5O2. The van der Waals surface area contributed by atoms with Gasteiger partial charge in [-0.15, -0.1) is 0 Å². The predicted octanol–water partition coefficient (Wildman–Crippen LogP) is 5.11. The number of morpholine rings is 1. The first-order valence-electron chi connectivity index (χ1n) is 11.3. The van der Waals surface area contributed by atoms with E-state index >= 15 is 0 Å². The van der Waals surface area contributed by atoms with Crippen molar-refractivity contribution in [3.8, 4) is 11.4 Å². The quantitative estimate of drug-likeness (QED) is 0.426. The number of aromatic nitrogens is 3. The van der Waals surface area contributed by atoms with Crippen molar-refractivity contribution in [1.82, 2.24) is 15.0 Å². The first-order valence-corrected chi connectivity index (χ1v) is 11.3. The van der Waals surface area contributed by atoms with Crippen LogP contribution in [0.5, 0.6) is 0 Å². The smallest absolute Gasteiger partial charge is 0.378 e. The lowest BCUT2D eigenvalue weighted by atomic mass is 10.1. The lowest BCUT2D eigenvalue weighted by Gasteiger charge is -2.28. The van der Waals surface area contributed by atoms with E-state index in [9.17, 15) is 18.0 Å². The summed E-state index contributed by atoms with van der Waals surface area (Å²) >= 11 is 0. The molecule has 4 aromatic rings. The third kappa shape index (κ3) is 4.85. The molecule has 1 saturated heterocycles. The lowest BCUT2D eigenvalue weighted by molar-refractivity contribution is -0.137. The molecule has 184 valence electrons. The van der Waals surface area contributed by atoms with Crippen molar-refractivity contribution in [3.63, 3.8) is 0 Å². The van der Waals surface area contributed by atoms with Gasteiger partial charge in [-0.05, 0) is 55.0 Å². The molecule has 5 rings (SSSR count). The zero-order chi connectivity index (χ0) is 25.3.